The van der Waals surface area contributed by atoms with Crippen LogP contribution in [0.3, 0.4) is 0 Å². The lowest BCUT2D eigenvalue weighted by atomic mass is 10.1. The first-order valence-corrected chi connectivity index (χ1v) is 6.63. The van der Waals surface area contributed by atoms with Gasteiger partial charge in [-0.15, -0.1) is 0 Å². The molecule has 1 aromatic heterocycles. The van der Waals surface area contributed by atoms with Crippen molar-refractivity contribution in [3.63, 3.8) is 0 Å². The summed E-state index contributed by atoms with van der Waals surface area (Å²) in [5.74, 6) is 0. The maximum Gasteiger partial charge on any atom is 0.0538 e. The molecule has 0 fully saturated rings. The molecule has 0 saturated carbocycles. The fourth-order valence-electron chi connectivity index (χ4n) is 1.73. The number of hydrogen-bond donors (Lipinski definition) is 1. The summed E-state index contributed by atoms with van der Waals surface area (Å²) in [5, 5.41) is 7.62. The second-order valence-electron chi connectivity index (χ2n) is 4.17. The number of rotatable bonds is 5. The third-order valence-corrected chi connectivity index (χ3v) is 3.30. The van der Waals surface area contributed by atoms with Crippen molar-refractivity contribution in [1.82, 2.24) is 15.1 Å². The molecule has 18 heavy (non-hydrogen) atoms. The van der Waals surface area contributed by atoms with E-state index in [1.54, 1.807) is 10.9 Å². The van der Waals surface area contributed by atoms with Crippen molar-refractivity contribution in [2.75, 3.05) is 0 Å². The Hall–Kier alpha value is -1.39. The summed E-state index contributed by atoms with van der Waals surface area (Å²) in [6.07, 6.45) is 5.50. The minimum atomic E-state index is 0.301. The van der Waals surface area contributed by atoms with E-state index in [0.29, 0.717) is 6.04 Å². The number of benzene rings is 1. The lowest BCUT2D eigenvalue weighted by molar-refractivity contribution is 0.574. The Morgan fingerprint density at radius 1 is 1.56 bits per heavy atom. The molecule has 94 valence electrons. The smallest absolute Gasteiger partial charge is 0.0538 e. The number of nitrogens with zero attached hydrogens (tertiary/aromatic N) is 2. The van der Waals surface area contributed by atoms with E-state index in [0.717, 1.165) is 16.6 Å². The Morgan fingerprint density at radius 3 is 3.06 bits per heavy atom. The first-order valence-electron chi connectivity index (χ1n) is 5.83. The van der Waals surface area contributed by atoms with E-state index in [4.69, 9.17) is 0 Å². The molecule has 4 heteroatoms. The lowest BCUT2D eigenvalue weighted by Crippen LogP contribution is -2.17. The van der Waals surface area contributed by atoms with Gasteiger partial charge in [0.1, 0.15) is 0 Å². The zero-order valence-electron chi connectivity index (χ0n) is 10.3. The summed E-state index contributed by atoms with van der Waals surface area (Å²) in [6, 6.07) is 8.63. The number of halogens is 1. The fourth-order valence-corrected chi connectivity index (χ4v) is 2.15. The molecule has 0 saturated heterocycles. The van der Waals surface area contributed by atoms with Crippen molar-refractivity contribution in [3.05, 3.63) is 58.8 Å². The van der Waals surface area contributed by atoms with Gasteiger partial charge in [-0.3, -0.25) is 0 Å². The molecule has 2 rings (SSSR count). The SMILES string of the molecule is C=Cn1cc(CN[C@@H](C)c2cccc(Br)c2)cn1. The summed E-state index contributed by atoms with van der Waals surface area (Å²) in [4.78, 5) is 0. The minimum Gasteiger partial charge on any atom is -0.306 e. The quantitative estimate of drug-likeness (QED) is 0.915. The Morgan fingerprint density at radius 2 is 2.39 bits per heavy atom. The summed E-state index contributed by atoms with van der Waals surface area (Å²) < 4.78 is 2.81. The van der Waals surface area contributed by atoms with Gasteiger partial charge in [-0.2, -0.15) is 5.10 Å². The lowest BCUT2D eigenvalue weighted by Gasteiger charge is -2.13. The highest BCUT2D eigenvalue weighted by atomic mass is 79.9. The Kier molecular flexibility index (Phi) is 4.33. The summed E-state index contributed by atoms with van der Waals surface area (Å²) >= 11 is 3.49. The van der Waals surface area contributed by atoms with Crippen LogP contribution in [-0.2, 0) is 6.54 Å². The van der Waals surface area contributed by atoms with Gasteiger partial charge < -0.3 is 5.32 Å². The number of aromatic nitrogens is 2. The standard InChI is InChI=1S/C14H16BrN3/c1-3-18-10-12(9-17-18)8-16-11(2)13-5-4-6-14(15)7-13/h3-7,9-11,16H,1,8H2,2H3/t11-/m0/s1. The molecular formula is C14H16BrN3. The molecule has 3 nitrogen and oxygen atoms in total. The van der Waals surface area contributed by atoms with Gasteiger partial charge in [0, 0.05) is 35.0 Å². The molecular weight excluding hydrogens is 290 g/mol. The van der Waals surface area contributed by atoms with E-state index >= 15 is 0 Å². The van der Waals surface area contributed by atoms with E-state index < -0.39 is 0 Å². The van der Waals surface area contributed by atoms with Crippen LogP contribution in [0.1, 0.15) is 24.1 Å². The van der Waals surface area contributed by atoms with Crippen LogP contribution in [0, 0.1) is 0 Å². The molecule has 0 aliphatic rings. The van der Waals surface area contributed by atoms with Gasteiger partial charge in [0.05, 0.1) is 6.20 Å². The van der Waals surface area contributed by atoms with Crippen LogP contribution in [0.15, 0.2) is 47.7 Å². The molecule has 0 radical (unpaired) electrons. The van der Waals surface area contributed by atoms with Crippen molar-refractivity contribution < 1.29 is 0 Å². The first kappa shape index (κ1) is 13.1. The molecule has 1 heterocycles. The van der Waals surface area contributed by atoms with Crippen LogP contribution >= 0.6 is 15.9 Å². The van der Waals surface area contributed by atoms with Crippen molar-refractivity contribution in [2.45, 2.75) is 19.5 Å². The van der Waals surface area contributed by atoms with Gasteiger partial charge in [0.25, 0.3) is 0 Å². The van der Waals surface area contributed by atoms with Crippen LogP contribution in [0.4, 0.5) is 0 Å². The van der Waals surface area contributed by atoms with Gasteiger partial charge >= 0.3 is 0 Å². The molecule has 1 aromatic carbocycles. The summed E-state index contributed by atoms with van der Waals surface area (Å²) in [6.45, 7) is 6.62. The molecule has 0 aliphatic carbocycles. The Balaban J connectivity index is 1.95. The van der Waals surface area contributed by atoms with Gasteiger partial charge in [-0.25, -0.2) is 4.68 Å². The maximum absolute atomic E-state index is 4.15. The molecule has 1 atom stereocenters. The third-order valence-electron chi connectivity index (χ3n) is 2.80. The highest BCUT2D eigenvalue weighted by molar-refractivity contribution is 9.10. The monoisotopic (exact) mass is 305 g/mol. The van der Waals surface area contributed by atoms with Gasteiger partial charge in [-0.05, 0) is 24.6 Å². The molecule has 0 spiro atoms. The predicted molar refractivity (Wildman–Crippen MR) is 78.0 cm³/mol. The van der Waals surface area contributed by atoms with Crippen molar-refractivity contribution >= 4 is 22.1 Å². The van der Waals surface area contributed by atoms with Crippen molar-refractivity contribution in [3.8, 4) is 0 Å². The summed E-state index contributed by atoms with van der Waals surface area (Å²) in [7, 11) is 0. The maximum atomic E-state index is 4.15. The van der Waals surface area contributed by atoms with Crippen molar-refractivity contribution in [2.24, 2.45) is 0 Å². The third kappa shape index (κ3) is 3.31. The average Bonchev–Trinajstić information content (AvgIpc) is 2.84. The van der Waals surface area contributed by atoms with Gasteiger partial charge in [0.15, 0.2) is 0 Å². The highest BCUT2D eigenvalue weighted by Crippen LogP contribution is 2.18. The highest BCUT2D eigenvalue weighted by Gasteiger charge is 2.05. The van der Waals surface area contributed by atoms with Crippen LogP contribution in [0.5, 0.6) is 0 Å². The van der Waals surface area contributed by atoms with E-state index in [2.05, 4.69) is 52.0 Å². The van der Waals surface area contributed by atoms with E-state index in [1.807, 2.05) is 24.5 Å². The molecule has 0 amide bonds. The first-order chi connectivity index (χ1) is 8.69. The fraction of sp³-hybridized carbons (Fsp3) is 0.214. The van der Waals surface area contributed by atoms with Crippen LogP contribution < -0.4 is 5.32 Å². The van der Waals surface area contributed by atoms with E-state index in [-0.39, 0.29) is 0 Å². The number of nitrogens with one attached hydrogen (secondary N) is 1. The average molecular weight is 306 g/mol. The molecule has 0 bridgehead atoms. The molecule has 2 aromatic rings. The van der Waals surface area contributed by atoms with Crippen molar-refractivity contribution in [1.29, 1.82) is 0 Å². The Bertz CT molecular complexity index is 533. The zero-order valence-corrected chi connectivity index (χ0v) is 11.9. The van der Waals surface area contributed by atoms with E-state index in [1.165, 1.54) is 5.56 Å². The Labute approximate surface area is 116 Å². The minimum absolute atomic E-state index is 0.301. The van der Waals surface area contributed by atoms with Gasteiger partial charge in [-0.1, -0.05) is 34.6 Å². The van der Waals surface area contributed by atoms with Crippen LogP contribution in [0.25, 0.3) is 6.20 Å². The number of hydrogen-bond acceptors (Lipinski definition) is 2. The normalized spacial score (nSPS) is 12.3. The van der Waals surface area contributed by atoms with Crippen LogP contribution in [0.2, 0.25) is 0 Å². The summed E-state index contributed by atoms with van der Waals surface area (Å²) in [5.41, 5.74) is 2.41. The second kappa shape index (κ2) is 5.98. The zero-order chi connectivity index (χ0) is 13.0. The molecule has 0 unspecified atom stereocenters. The largest absolute Gasteiger partial charge is 0.306 e. The van der Waals surface area contributed by atoms with Crippen LogP contribution in [-0.4, -0.2) is 9.78 Å². The predicted octanol–water partition coefficient (Wildman–Crippen LogP) is 3.60. The topological polar surface area (TPSA) is 29.9 Å². The molecule has 0 aliphatic heterocycles. The second-order valence-corrected chi connectivity index (χ2v) is 5.08. The van der Waals surface area contributed by atoms with Gasteiger partial charge in [0.2, 0.25) is 0 Å². The molecule has 1 N–H and O–H groups in total. The van der Waals surface area contributed by atoms with E-state index in [9.17, 15) is 0 Å².